The minimum absolute atomic E-state index is 0.536. The maximum Gasteiger partial charge on any atom is 0.221 e. The van der Waals surface area contributed by atoms with E-state index in [-0.39, 0.29) is 0 Å². The highest BCUT2D eigenvalue weighted by molar-refractivity contribution is 8.00. The van der Waals surface area contributed by atoms with Crippen molar-refractivity contribution in [2.24, 2.45) is 0 Å². The van der Waals surface area contributed by atoms with Crippen LogP contribution < -0.4 is 5.32 Å². The molecule has 1 aliphatic rings. The fourth-order valence-electron chi connectivity index (χ4n) is 1.20. The fraction of sp³-hybridized carbons (Fsp3) is 1.00. The van der Waals surface area contributed by atoms with E-state index in [1.54, 1.807) is 0 Å². The Morgan fingerprint density at radius 3 is 2.50 bits per heavy atom. The Hall–Kier alpha value is 0.110. The third-order valence-electron chi connectivity index (χ3n) is 2.13. The molecule has 0 saturated carbocycles. The minimum atomic E-state index is -2.69. The predicted molar refractivity (Wildman–Crippen MR) is 50.5 cm³/mol. The second kappa shape index (κ2) is 4.75. The highest BCUT2D eigenvalue weighted by Crippen LogP contribution is 2.24. The summed E-state index contributed by atoms with van der Waals surface area (Å²) in [5.41, 5.74) is 0. The Morgan fingerprint density at radius 2 is 2.07 bits per heavy atom. The van der Waals surface area contributed by atoms with E-state index in [0.29, 0.717) is 6.54 Å². The Balaban J connectivity index is 2.60. The van der Waals surface area contributed by atoms with Crippen molar-refractivity contribution in [3.8, 4) is 0 Å². The molecule has 14 heavy (non-hydrogen) atoms. The highest BCUT2D eigenvalue weighted by atomic mass is 32.2. The molecule has 1 saturated heterocycles. The molecule has 84 valence electrons. The van der Waals surface area contributed by atoms with Gasteiger partial charge in [-0.25, -0.2) is 0 Å². The van der Waals surface area contributed by atoms with E-state index >= 15 is 0 Å². The Kier molecular flexibility index (Phi) is 4.14. The average Bonchev–Trinajstić information content (AvgIpc) is 2.67. The molecule has 0 unspecified atom stereocenters. The van der Waals surface area contributed by atoms with Gasteiger partial charge < -0.3 is 30.8 Å². The summed E-state index contributed by atoms with van der Waals surface area (Å²) in [5.74, 6) is -1.93. The van der Waals surface area contributed by atoms with Crippen LogP contribution in [0.4, 0.5) is 0 Å². The van der Waals surface area contributed by atoms with Gasteiger partial charge in [0.1, 0.15) is 12.2 Å². The lowest BCUT2D eigenvalue weighted by Gasteiger charge is -2.33. The molecule has 1 rings (SSSR count). The zero-order valence-corrected chi connectivity index (χ0v) is 8.31. The van der Waals surface area contributed by atoms with E-state index in [9.17, 15) is 15.3 Å². The minimum Gasteiger partial charge on any atom is -0.393 e. The predicted octanol–water partition coefficient (Wildman–Crippen LogP) is -2.96. The van der Waals surface area contributed by atoms with E-state index in [1.807, 2.05) is 0 Å². The van der Waals surface area contributed by atoms with Crippen LogP contribution in [0.1, 0.15) is 0 Å². The smallest absolute Gasteiger partial charge is 0.221 e. The third-order valence-corrected chi connectivity index (χ3v) is 3.35. The van der Waals surface area contributed by atoms with Crippen LogP contribution in [-0.4, -0.2) is 67.8 Å². The molecule has 0 radical (unpaired) electrons. The molecule has 3 atom stereocenters. The van der Waals surface area contributed by atoms with Crippen LogP contribution >= 0.6 is 11.8 Å². The normalized spacial score (nSPS) is 27.6. The van der Waals surface area contributed by atoms with Crippen molar-refractivity contribution in [1.82, 2.24) is 5.32 Å². The number of aliphatic hydroxyl groups excluding tert-OH is 3. The SMILES string of the molecule is OC[C@H](O)C(O)(O)[C@H](O)[C@@H]1NCCS1. The van der Waals surface area contributed by atoms with Crippen molar-refractivity contribution in [3.63, 3.8) is 0 Å². The lowest BCUT2D eigenvalue weighted by molar-refractivity contribution is -0.280. The molecule has 0 amide bonds. The second-order valence-corrected chi connectivity index (χ2v) is 4.42. The number of aliphatic hydroxyl groups is 5. The van der Waals surface area contributed by atoms with Gasteiger partial charge in [-0.05, 0) is 0 Å². The van der Waals surface area contributed by atoms with Crippen molar-refractivity contribution < 1.29 is 25.5 Å². The second-order valence-electron chi connectivity index (χ2n) is 3.17. The summed E-state index contributed by atoms with van der Waals surface area (Å²) in [7, 11) is 0. The van der Waals surface area contributed by atoms with Gasteiger partial charge in [-0.3, -0.25) is 0 Å². The number of hydrogen-bond donors (Lipinski definition) is 6. The van der Waals surface area contributed by atoms with Crippen molar-refractivity contribution >= 4 is 11.8 Å². The van der Waals surface area contributed by atoms with Crippen LogP contribution in [0.15, 0.2) is 0 Å². The van der Waals surface area contributed by atoms with Crippen molar-refractivity contribution in [2.75, 3.05) is 18.9 Å². The first-order valence-corrected chi connectivity index (χ1v) is 5.31. The molecule has 0 bridgehead atoms. The van der Waals surface area contributed by atoms with Gasteiger partial charge in [-0.1, -0.05) is 0 Å². The van der Waals surface area contributed by atoms with Crippen LogP contribution in [0.5, 0.6) is 0 Å². The van der Waals surface area contributed by atoms with Gasteiger partial charge in [0.25, 0.3) is 0 Å². The van der Waals surface area contributed by atoms with Gasteiger partial charge in [0.15, 0.2) is 0 Å². The lowest BCUT2D eigenvalue weighted by atomic mass is 10.0. The molecule has 0 spiro atoms. The molecular weight excluding hydrogens is 210 g/mol. The highest BCUT2D eigenvalue weighted by Gasteiger charge is 2.45. The largest absolute Gasteiger partial charge is 0.393 e. The Bertz CT molecular complexity index is 185. The van der Waals surface area contributed by atoms with Crippen LogP contribution in [0, 0.1) is 0 Å². The first-order chi connectivity index (χ1) is 6.50. The van der Waals surface area contributed by atoms with Crippen LogP contribution in [0.25, 0.3) is 0 Å². The molecule has 1 heterocycles. The summed E-state index contributed by atoms with van der Waals surface area (Å²) >= 11 is 1.33. The number of hydrogen-bond acceptors (Lipinski definition) is 7. The van der Waals surface area contributed by atoms with Crippen molar-refractivity contribution in [1.29, 1.82) is 0 Å². The fourth-order valence-corrected chi connectivity index (χ4v) is 2.31. The Morgan fingerprint density at radius 1 is 1.43 bits per heavy atom. The summed E-state index contributed by atoms with van der Waals surface area (Å²) in [4.78, 5) is 0. The van der Waals surface area contributed by atoms with E-state index in [2.05, 4.69) is 5.32 Å². The first kappa shape index (κ1) is 12.2. The van der Waals surface area contributed by atoms with Gasteiger partial charge in [0.2, 0.25) is 5.79 Å². The van der Waals surface area contributed by atoms with Gasteiger partial charge in [-0.15, -0.1) is 11.8 Å². The third kappa shape index (κ3) is 2.37. The van der Waals surface area contributed by atoms with E-state index in [0.717, 1.165) is 5.75 Å². The van der Waals surface area contributed by atoms with Crippen LogP contribution in [-0.2, 0) is 0 Å². The molecule has 6 nitrogen and oxygen atoms in total. The molecule has 0 aromatic rings. The molecule has 1 fully saturated rings. The number of rotatable bonds is 4. The lowest BCUT2D eigenvalue weighted by Crippen LogP contribution is -2.59. The molecule has 0 aromatic heterocycles. The zero-order chi connectivity index (χ0) is 10.8. The zero-order valence-electron chi connectivity index (χ0n) is 7.50. The quantitative estimate of drug-likeness (QED) is 0.283. The van der Waals surface area contributed by atoms with Gasteiger partial charge in [-0.2, -0.15) is 0 Å². The molecule has 0 aromatic carbocycles. The Labute approximate surface area is 85.6 Å². The standard InChI is InChI=1S/C7H15NO5S/c9-3-4(10)7(12,13)5(11)6-8-1-2-14-6/h4-6,8-13H,1-3H2/t4-,5+,6+/m0/s1. The van der Waals surface area contributed by atoms with E-state index in [1.165, 1.54) is 11.8 Å². The van der Waals surface area contributed by atoms with Crippen molar-refractivity contribution in [2.45, 2.75) is 23.4 Å². The average molecular weight is 225 g/mol. The van der Waals surface area contributed by atoms with E-state index in [4.69, 9.17) is 10.2 Å². The maximum atomic E-state index is 9.52. The molecular formula is C7H15NO5S. The van der Waals surface area contributed by atoms with E-state index < -0.39 is 30.0 Å². The summed E-state index contributed by atoms with van der Waals surface area (Å²) in [6, 6.07) is 0. The first-order valence-electron chi connectivity index (χ1n) is 4.27. The topological polar surface area (TPSA) is 113 Å². The summed E-state index contributed by atoms with van der Waals surface area (Å²) in [5, 5.41) is 48.2. The van der Waals surface area contributed by atoms with Gasteiger partial charge >= 0.3 is 0 Å². The molecule has 7 heteroatoms. The van der Waals surface area contributed by atoms with Gasteiger partial charge in [0, 0.05) is 12.3 Å². The van der Waals surface area contributed by atoms with Crippen LogP contribution in [0.2, 0.25) is 0 Å². The summed E-state index contributed by atoms with van der Waals surface area (Å²) < 4.78 is 0. The monoisotopic (exact) mass is 225 g/mol. The van der Waals surface area contributed by atoms with Gasteiger partial charge in [0.05, 0.1) is 12.0 Å². The molecule has 1 aliphatic heterocycles. The van der Waals surface area contributed by atoms with Crippen LogP contribution in [0.3, 0.4) is 0 Å². The maximum absolute atomic E-state index is 9.52. The number of thioether (sulfide) groups is 1. The molecule has 0 aliphatic carbocycles. The van der Waals surface area contributed by atoms with Crippen molar-refractivity contribution in [3.05, 3.63) is 0 Å². The summed E-state index contributed by atoms with van der Waals surface area (Å²) in [6.45, 7) is -0.154. The number of nitrogens with one attached hydrogen (secondary N) is 1. The molecule has 6 N–H and O–H groups in total. The summed E-state index contributed by atoms with van der Waals surface area (Å²) in [6.07, 6.45) is -3.32.